The lowest BCUT2D eigenvalue weighted by Gasteiger charge is -2.25. The van der Waals surface area contributed by atoms with Crippen molar-refractivity contribution in [2.75, 3.05) is 25.6 Å². The molecule has 0 bridgehead atoms. The molecule has 2 aliphatic rings. The van der Waals surface area contributed by atoms with Crippen molar-refractivity contribution in [3.63, 3.8) is 0 Å². The SMILES string of the molecule is COc1cc(/C=C2/SC(=O)N(CC3CCCCC3)C2=O)cc(Cl)c1OCC(=O)Nc1ccccc1. The summed E-state index contributed by atoms with van der Waals surface area (Å²) in [7, 11) is 1.46. The fourth-order valence-corrected chi connectivity index (χ4v) is 5.38. The second-order valence-electron chi connectivity index (χ2n) is 8.53. The van der Waals surface area contributed by atoms with Crippen LogP contribution in [0.1, 0.15) is 37.7 Å². The molecule has 1 aliphatic carbocycles. The largest absolute Gasteiger partial charge is 0.493 e. The number of imide groups is 1. The Morgan fingerprint density at radius 1 is 1.17 bits per heavy atom. The molecule has 0 spiro atoms. The van der Waals surface area contributed by atoms with E-state index in [1.54, 1.807) is 30.3 Å². The zero-order valence-corrected chi connectivity index (χ0v) is 21.0. The van der Waals surface area contributed by atoms with Gasteiger partial charge in [-0.3, -0.25) is 19.3 Å². The molecule has 0 atom stereocenters. The highest BCUT2D eigenvalue weighted by Crippen LogP contribution is 2.39. The first-order chi connectivity index (χ1) is 16.9. The number of para-hydroxylation sites is 1. The molecule has 1 saturated carbocycles. The highest BCUT2D eigenvalue weighted by molar-refractivity contribution is 8.18. The Labute approximate surface area is 213 Å². The van der Waals surface area contributed by atoms with Gasteiger partial charge in [0.05, 0.1) is 17.0 Å². The van der Waals surface area contributed by atoms with E-state index in [1.807, 2.05) is 18.2 Å². The van der Waals surface area contributed by atoms with E-state index >= 15 is 0 Å². The van der Waals surface area contributed by atoms with Crippen molar-refractivity contribution < 1.29 is 23.9 Å². The van der Waals surface area contributed by atoms with Gasteiger partial charge in [0.15, 0.2) is 18.1 Å². The predicted molar refractivity (Wildman–Crippen MR) is 138 cm³/mol. The maximum absolute atomic E-state index is 12.9. The molecule has 2 aromatic rings. The van der Waals surface area contributed by atoms with Crippen molar-refractivity contribution in [1.82, 2.24) is 4.90 Å². The predicted octanol–water partition coefficient (Wildman–Crippen LogP) is 5.98. The molecule has 1 saturated heterocycles. The number of halogens is 1. The van der Waals surface area contributed by atoms with Gasteiger partial charge < -0.3 is 14.8 Å². The molecule has 0 aromatic heterocycles. The molecule has 1 N–H and O–H groups in total. The fraction of sp³-hybridized carbons (Fsp3) is 0.346. The van der Waals surface area contributed by atoms with Crippen molar-refractivity contribution >= 4 is 52.2 Å². The summed E-state index contributed by atoms with van der Waals surface area (Å²) in [6.07, 6.45) is 7.26. The lowest BCUT2D eigenvalue weighted by Crippen LogP contribution is -2.34. The Hall–Kier alpha value is -2.97. The van der Waals surface area contributed by atoms with Crippen molar-refractivity contribution in [2.45, 2.75) is 32.1 Å². The zero-order valence-electron chi connectivity index (χ0n) is 19.4. The Kier molecular flexibility index (Phi) is 8.36. The molecule has 1 heterocycles. The van der Waals surface area contributed by atoms with Gasteiger partial charge >= 0.3 is 0 Å². The van der Waals surface area contributed by atoms with Crippen LogP contribution in [0, 0.1) is 5.92 Å². The van der Waals surface area contributed by atoms with E-state index in [-0.39, 0.29) is 34.4 Å². The minimum atomic E-state index is -0.343. The van der Waals surface area contributed by atoms with E-state index in [9.17, 15) is 14.4 Å². The van der Waals surface area contributed by atoms with Gasteiger partial charge in [-0.25, -0.2) is 0 Å². The molecule has 0 radical (unpaired) electrons. The second-order valence-corrected chi connectivity index (χ2v) is 9.93. The molecule has 1 aliphatic heterocycles. The number of carbonyl (C=O) groups is 3. The number of anilines is 1. The van der Waals surface area contributed by atoms with Crippen LogP contribution in [0.3, 0.4) is 0 Å². The van der Waals surface area contributed by atoms with Gasteiger partial charge in [0.1, 0.15) is 0 Å². The van der Waals surface area contributed by atoms with E-state index in [0.29, 0.717) is 34.4 Å². The summed E-state index contributed by atoms with van der Waals surface area (Å²) in [5.74, 6) is 0.294. The monoisotopic (exact) mass is 514 g/mol. The molecule has 2 aromatic carbocycles. The Morgan fingerprint density at radius 2 is 1.91 bits per heavy atom. The number of amides is 3. The Bertz CT molecular complexity index is 1130. The molecule has 2 fully saturated rings. The van der Waals surface area contributed by atoms with Crippen LogP contribution in [0.25, 0.3) is 6.08 Å². The van der Waals surface area contributed by atoms with Crippen molar-refractivity contribution in [3.8, 4) is 11.5 Å². The summed E-state index contributed by atoms with van der Waals surface area (Å²) in [5.41, 5.74) is 1.25. The molecule has 35 heavy (non-hydrogen) atoms. The normalized spacial score (nSPS) is 17.7. The van der Waals surface area contributed by atoms with Gasteiger partial charge in [0.25, 0.3) is 17.1 Å². The highest BCUT2D eigenvalue weighted by Gasteiger charge is 2.36. The number of benzene rings is 2. The van der Waals surface area contributed by atoms with Crippen LogP contribution >= 0.6 is 23.4 Å². The Balaban J connectivity index is 1.44. The smallest absolute Gasteiger partial charge is 0.293 e. The average Bonchev–Trinajstić information content (AvgIpc) is 3.11. The number of nitrogens with zero attached hydrogens (tertiary/aromatic N) is 1. The third kappa shape index (κ3) is 6.38. The molecule has 9 heteroatoms. The van der Waals surface area contributed by atoms with Gasteiger partial charge in [-0.15, -0.1) is 0 Å². The van der Waals surface area contributed by atoms with Crippen LogP contribution in [0.5, 0.6) is 11.5 Å². The van der Waals surface area contributed by atoms with E-state index in [2.05, 4.69) is 5.32 Å². The van der Waals surface area contributed by atoms with Gasteiger partial charge in [0.2, 0.25) is 0 Å². The van der Waals surface area contributed by atoms with Gasteiger partial charge in [-0.2, -0.15) is 0 Å². The van der Waals surface area contributed by atoms with Crippen LogP contribution in [0.2, 0.25) is 5.02 Å². The topological polar surface area (TPSA) is 84.9 Å². The second kappa shape index (κ2) is 11.6. The first-order valence-electron chi connectivity index (χ1n) is 11.5. The zero-order chi connectivity index (χ0) is 24.8. The number of thioether (sulfide) groups is 1. The highest BCUT2D eigenvalue weighted by atomic mass is 35.5. The molecular formula is C26H27ClN2O5S. The molecule has 3 amide bonds. The number of hydrogen-bond donors (Lipinski definition) is 1. The summed E-state index contributed by atoms with van der Waals surface area (Å²) in [4.78, 5) is 39.3. The lowest BCUT2D eigenvalue weighted by atomic mass is 9.89. The summed E-state index contributed by atoms with van der Waals surface area (Å²) in [6, 6.07) is 12.3. The molecular weight excluding hydrogens is 488 g/mol. The van der Waals surface area contributed by atoms with Gasteiger partial charge in [-0.1, -0.05) is 49.1 Å². The lowest BCUT2D eigenvalue weighted by molar-refractivity contribution is -0.123. The Morgan fingerprint density at radius 3 is 2.63 bits per heavy atom. The van der Waals surface area contributed by atoms with Crippen molar-refractivity contribution in [1.29, 1.82) is 0 Å². The van der Waals surface area contributed by atoms with E-state index < -0.39 is 0 Å². The number of methoxy groups -OCH3 is 1. The quantitative estimate of drug-likeness (QED) is 0.436. The van der Waals surface area contributed by atoms with E-state index in [0.717, 1.165) is 37.4 Å². The molecule has 0 unspecified atom stereocenters. The third-order valence-corrected chi connectivity index (χ3v) is 7.18. The van der Waals surface area contributed by atoms with E-state index in [4.69, 9.17) is 21.1 Å². The summed E-state index contributed by atoms with van der Waals surface area (Å²) in [6.45, 7) is 0.217. The summed E-state index contributed by atoms with van der Waals surface area (Å²) in [5, 5.41) is 2.72. The van der Waals surface area contributed by atoms with Crippen molar-refractivity contribution in [3.05, 3.63) is 58.0 Å². The van der Waals surface area contributed by atoms with Crippen LogP contribution in [0.15, 0.2) is 47.4 Å². The number of hydrogen-bond acceptors (Lipinski definition) is 6. The fourth-order valence-electron chi connectivity index (χ4n) is 4.26. The maximum Gasteiger partial charge on any atom is 0.293 e. The van der Waals surface area contributed by atoms with E-state index in [1.165, 1.54) is 18.4 Å². The van der Waals surface area contributed by atoms with Gasteiger partial charge in [-0.05, 0) is 66.4 Å². The first kappa shape index (κ1) is 25.1. The maximum atomic E-state index is 12.9. The number of rotatable bonds is 8. The number of ether oxygens (including phenoxy) is 2. The standard InChI is InChI=1S/C26H27ClN2O5S/c1-33-21-13-18(12-20(27)24(21)34-16-23(30)28-19-10-6-3-7-11-19)14-22-25(31)29(26(32)35-22)15-17-8-4-2-5-9-17/h3,6-7,10-14,17H,2,4-5,8-9,15-16H2,1H3,(H,28,30)/b22-14+. The minimum absolute atomic E-state index is 0.222. The molecule has 4 rings (SSSR count). The van der Waals surface area contributed by atoms with Crippen LogP contribution in [0.4, 0.5) is 10.5 Å². The number of carbonyl (C=O) groups excluding carboxylic acids is 3. The van der Waals surface area contributed by atoms with Gasteiger partial charge in [0, 0.05) is 12.2 Å². The van der Waals surface area contributed by atoms with Crippen LogP contribution in [-0.4, -0.2) is 42.2 Å². The van der Waals surface area contributed by atoms with Crippen molar-refractivity contribution in [2.24, 2.45) is 5.92 Å². The third-order valence-electron chi connectivity index (χ3n) is 5.99. The summed E-state index contributed by atoms with van der Waals surface area (Å²) >= 11 is 7.36. The minimum Gasteiger partial charge on any atom is -0.493 e. The number of nitrogens with one attached hydrogen (secondary N) is 1. The summed E-state index contributed by atoms with van der Waals surface area (Å²) < 4.78 is 11.0. The average molecular weight is 515 g/mol. The molecule has 184 valence electrons. The van der Waals surface area contributed by atoms with Crippen LogP contribution in [-0.2, 0) is 9.59 Å². The van der Waals surface area contributed by atoms with Crippen LogP contribution < -0.4 is 14.8 Å². The first-order valence-corrected chi connectivity index (χ1v) is 12.7. The molecule has 7 nitrogen and oxygen atoms in total.